The van der Waals surface area contributed by atoms with Gasteiger partial charge in [0.05, 0.1) is 40.8 Å². The zero-order chi connectivity index (χ0) is 24.7. The molecule has 5 rings (SSSR count). The van der Waals surface area contributed by atoms with Crippen LogP contribution < -0.4 is 15.0 Å². The number of aromatic nitrogens is 2. The highest BCUT2D eigenvalue weighted by Crippen LogP contribution is 2.38. The van der Waals surface area contributed by atoms with Crippen molar-refractivity contribution < 1.29 is 13.9 Å². The van der Waals surface area contributed by atoms with E-state index in [1.54, 1.807) is 37.4 Å². The third-order valence-corrected chi connectivity index (χ3v) is 7.42. The van der Waals surface area contributed by atoms with Crippen LogP contribution in [0.25, 0.3) is 0 Å². The molecule has 6 nitrogen and oxygen atoms in total. The van der Waals surface area contributed by atoms with Crippen LogP contribution in [-0.4, -0.2) is 22.8 Å². The maximum absolute atomic E-state index is 14.9. The van der Waals surface area contributed by atoms with E-state index in [0.29, 0.717) is 23.5 Å². The summed E-state index contributed by atoms with van der Waals surface area (Å²) in [5.74, 6) is -0.0278. The number of amides is 1. The molecule has 0 spiro atoms. The number of ether oxygens (including phenoxy) is 1. The van der Waals surface area contributed by atoms with Crippen molar-refractivity contribution in [2.75, 3.05) is 17.3 Å². The summed E-state index contributed by atoms with van der Waals surface area (Å²) in [6, 6.07) is 19.3. The van der Waals surface area contributed by atoms with Crippen LogP contribution in [-0.2, 0) is 6.54 Å². The molecule has 0 bridgehead atoms. The minimum Gasteiger partial charge on any atom is -0.496 e. The van der Waals surface area contributed by atoms with E-state index in [1.807, 2.05) is 48.9 Å². The zero-order valence-electron chi connectivity index (χ0n) is 19.5. The number of para-hydroxylation sites is 2. The molecule has 4 aromatic rings. The molecule has 1 N–H and O–H groups in total. The summed E-state index contributed by atoms with van der Waals surface area (Å²) < 4.78 is 23.4. The van der Waals surface area contributed by atoms with Gasteiger partial charge in [-0.2, -0.15) is 5.10 Å². The van der Waals surface area contributed by atoms with Crippen LogP contribution in [0.2, 0.25) is 0 Å². The van der Waals surface area contributed by atoms with Crippen LogP contribution >= 0.6 is 15.9 Å². The first-order chi connectivity index (χ1) is 16.9. The van der Waals surface area contributed by atoms with Gasteiger partial charge in [0.15, 0.2) is 0 Å². The molecule has 1 aliphatic rings. The molecule has 0 fully saturated rings. The van der Waals surface area contributed by atoms with Gasteiger partial charge in [0, 0.05) is 11.3 Å². The lowest BCUT2D eigenvalue weighted by molar-refractivity contribution is 0.0974. The van der Waals surface area contributed by atoms with E-state index in [0.717, 1.165) is 27.0 Å². The number of rotatable bonds is 5. The minimum absolute atomic E-state index is 0.212. The van der Waals surface area contributed by atoms with E-state index in [2.05, 4.69) is 26.3 Å². The predicted octanol–water partition coefficient (Wildman–Crippen LogP) is 6.23. The molecule has 1 unspecified atom stereocenters. The average Bonchev–Trinajstić information content (AvgIpc) is 3.11. The normalized spacial score (nSPS) is 15.1. The van der Waals surface area contributed by atoms with Gasteiger partial charge in [-0.15, -0.1) is 0 Å². The molecular formula is C27H24BrFN4O2. The zero-order valence-corrected chi connectivity index (χ0v) is 21.1. The summed E-state index contributed by atoms with van der Waals surface area (Å²) in [5, 5.41) is 8.06. The predicted molar refractivity (Wildman–Crippen MR) is 138 cm³/mol. The van der Waals surface area contributed by atoms with Crippen molar-refractivity contribution >= 4 is 33.2 Å². The van der Waals surface area contributed by atoms with Crippen LogP contribution in [0.1, 0.15) is 39.0 Å². The summed E-state index contributed by atoms with van der Waals surface area (Å²) in [4.78, 5) is 15.1. The molecule has 2 heterocycles. The molecule has 8 heteroatoms. The van der Waals surface area contributed by atoms with Crippen LogP contribution in [0.3, 0.4) is 0 Å². The number of nitrogens with zero attached hydrogens (tertiary/aromatic N) is 3. The maximum Gasteiger partial charge on any atom is 0.262 e. The second kappa shape index (κ2) is 9.19. The van der Waals surface area contributed by atoms with Crippen molar-refractivity contribution in [3.8, 4) is 5.75 Å². The molecule has 3 aromatic carbocycles. The Morgan fingerprint density at radius 1 is 1.09 bits per heavy atom. The molecule has 0 saturated heterocycles. The molecule has 1 aliphatic heterocycles. The van der Waals surface area contributed by atoms with Crippen molar-refractivity contribution in [2.24, 2.45) is 0 Å². The summed E-state index contributed by atoms with van der Waals surface area (Å²) in [7, 11) is 1.62. The number of carbonyl (C=O) groups excluding carboxylic acids is 1. The van der Waals surface area contributed by atoms with Gasteiger partial charge < -0.3 is 10.1 Å². The molecule has 0 radical (unpaired) electrons. The first-order valence-corrected chi connectivity index (χ1v) is 12.0. The van der Waals surface area contributed by atoms with Gasteiger partial charge in [0.1, 0.15) is 17.7 Å². The quantitative estimate of drug-likeness (QED) is 0.329. The smallest absolute Gasteiger partial charge is 0.262 e. The molecule has 1 aromatic heterocycles. The highest BCUT2D eigenvalue weighted by Gasteiger charge is 2.35. The fourth-order valence-electron chi connectivity index (χ4n) is 4.46. The standard InChI is InChI=1S/C27H24BrFN4O2/c1-16-25(28)17(2)32(31-16)15-19-14-18(12-13-24(19)35-3)26-30-22-10-6-4-8-20(22)27(34)33(26)23-11-7-5-9-21(23)29/h4-14,26,30H,15H2,1-3H3. The maximum atomic E-state index is 14.9. The van der Waals surface area contributed by atoms with E-state index in [1.165, 1.54) is 11.0 Å². The summed E-state index contributed by atoms with van der Waals surface area (Å²) in [6.07, 6.45) is -0.619. The molecule has 0 saturated carbocycles. The number of hydrogen-bond acceptors (Lipinski definition) is 4. The number of anilines is 2. The first kappa shape index (κ1) is 23.1. The summed E-state index contributed by atoms with van der Waals surface area (Å²) in [6.45, 7) is 4.42. The Morgan fingerprint density at radius 3 is 2.54 bits per heavy atom. The number of benzene rings is 3. The van der Waals surface area contributed by atoms with Crippen LogP contribution in [0.4, 0.5) is 15.8 Å². The lowest BCUT2D eigenvalue weighted by Crippen LogP contribution is -2.43. The third kappa shape index (κ3) is 4.08. The average molecular weight is 535 g/mol. The molecule has 1 atom stereocenters. The number of fused-ring (bicyclic) bond motifs is 1. The molecule has 0 aliphatic carbocycles. The number of carbonyl (C=O) groups is 1. The Hall–Kier alpha value is -3.65. The van der Waals surface area contributed by atoms with Gasteiger partial charge >= 0.3 is 0 Å². The van der Waals surface area contributed by atoms with Crippen molar-refractivity contribution in [1.82, 2.24) is 9.78 Å². The highest BCUT2D eigenvalue weighted by atomic mass is 79.9. The Kier molecular flexibility index (Phi) is 6.06. The third-order valence-electron chi connectivity index (χ3n) is 6.27. The second-order valence-corrected chi connectivity index (χ2v) is 9.23. The highest BCUT2D eigenvalue weighted by molar-refractivity contribution is 9.10. The van der Waals surface area contributed by atoms with Gasteiger partial charge in [-0.25, -0.2) is 4.39 Å². The first-order valence-electron chi connectivity index (χ1n) is 11.2. The fourth-order valence-corrected chi connectivity index (χ4v) is 4.75. The van der Waals surface area contributed by atoms with Crippen molar-refractivity contribution in [2.45, 2.75) is 26.6 Å². The number of halogens is 2. The van der Waals surface area contributed by atoms with E-state index < -0.39 is 12.0 Å². The van der Waals surface area contributed by atoms with Gasteiger partial charge in [0.2, 0.25) is 0 Å². The lowest BCUT2D eigenvalue weighted by Gasteiger charge is -2.38. The van der Waals surface area contributed by atoms with Gasteiger partial charge in [-0.1, -0.05) is 30.3 Å². The largest absolute Gasteiger partial charge is 0.496 e. The Labute approximate surface area is 211 Å². The molecule has 35 heavy (non-hydrogen) atoms. The molecular weight excluding hydrogens is 511 g/mol. The monoisotopic (exact) mass is 534 g/mol. The fraction of sp³-hybridized carbons (Fsp3) is 0.185. The Balaban J connectivity index is 1.62. The number of nitrogens with one attached hydrogen (secondary N) is 1. The lowest BCUT2D eigenvalue weighted by atomic mass is 10.0. The van der Waals surface area contributed by atoms with E-state index >= 15 is 0 Å². The summed E-state index contributed by atoms with van der Waals surface area (Å²) >= 11 is 3.58. The topological polar surface area (TPSA) is 59.4 Å². The van der Waals surface area contributed by atoms with E-state index in [-0.39, 0.29) is 11.6 Å². The van der Waals surface area contributed by atoms with Crippen molar-refractivity contribution in [3.63, 3.8) is 0 Å². The van der Waals surface area contributed by atoms with Crippen LogP contribution in [0, 0.1) is 19.7 Å². The van der Waals surface area contributed by atoms with Gasteiger partial charge in [-0.05, 0) is 71.7 Å². The van der Waals surface area contributed by atoms with E-state index in [4.69, 9.17) is 4.74 Å². The minimum atomic E-state index is -0.619. The van der Waals surface area contributed by atoms with Crippen molar-refractivity contribution in [3.05, 3.63) is 105 Å². The second-order valence-electron chi connectivity index (χ2n) is 8.43. The Morgan fingerprint density at radius 2 is 1.83 bits per heavy atom. The van der Waals surface area contributed by atoms with Crippen molar-refractivity contribution in [1.29, 1.82) is 0 Å². The number of aryl methyl sites for hydroxylation is 1. The molecule has 178 valence electrons. The van der Waals surface area contributed by atoms with Gasteiger partial charge in [0.25, 0.3) is 5.91 Å². The van der Waals surface area contributed by atoms with Crippen LogP contribution in [0.5, 0.6) is 5.75 Å². The summed E-state index contributed by atoms with van der Waals surface area (Å²) in [5.41, 5.74) is 5.01. The number of methoxy groups -OCH3 is 1. The Bertz CT molecular complexity index is 1430. The van der Waals surface area contributed by atoms with Gasteiger partial charge in [-0.3, -0.25) is 14.4 Å². The van der Waals surface area contributed by atoms with Crippen LogP contribution in [0.15, 0.2) is 71.2 Å². The SMILES string of the molecule is COc1ccc(C2Nc3ccccc3C(=O)N2c2ccccc2F)cc1Cn1nc(C)c(Br)c1C. The molecule has 1 amide bonds. The number of hydrogen-bond donors (Lipinski definition) is 1. The van der Waals surface area contributed by atoms with E-state index in [9.17, 15) is 9.18 Å².